The molecule has 1 amide bonds. The average molecular weight is 322 g/mol. The average Bonchev–Trinajstić information content (AvgIpc) is 2.48. The Labute approximate surface area is 130 Å². The summed E-state index contributed by atoms with van der Waals surface area (Å²) in [6.07, 6.45) is 0.0499. The molecule has 1 aliphatic rings. The monoisotopic (exact) mass is 321 g/mol. The first-order valence-corrected chi connectivity index (χ1v) is 6.95. The van der Waals surface area contributed by atoms with Crippen LogP contribution in [0, 0.1) is 11.6 Å². The van der Waals surface area contributed by atoms with Gasteiger partial charge in [-0.15, -0.1) is 0 Å². The SMILES string of the molecule is O=C1CCN(C(=O)c2c(F)cccc2Cl)c2ccc(F)cc21. The predicted octanol–water partition coefficient (Wildman–Crippen LogP) is 3.85. The van der Waals surface area contributed by atoms with Crippen LogP contribution in [0.1, 0.15) is 27.1 Å². The predicted molar refractivity (Wildman–Crippen MR) is 78.4 cm³/mol. The van der Waals surface area contributed by atoms with Crippen molar-refractivity contribution in [3.05, 3.63) is 64.2 Å². The van der Waals surface area contributed by atoms with Gasteiger partial charge in [0.25, 0.3) is 5.91 Å². The van der Waals surface area contributed by atoms with Crippen molar-refractivity contribution in [1.29, 1.82) is 0 Å². The number of nitrogens with zero attached hydrogens (tertiary/aromatic N) is 1. The largest absolute Gasteiger partial charge is 0.307 e. The van der Waals surface area contributed by atoms with Crippen molar-refractivity contribution < 1.29 is 18.4 Å². The minimum atomic E-state index is -0.738. The second kappa shape index (κ2) is 5.50. The van der Waals surface area contributed by atoms with Crippen molar-refractivity contribution in [3.8, 4) is 0 Å². The minimum absolute atomic E-state index is 0.00874. The third-order valence-electron chi connectivity index (χ3n) is 3.53. The second-order valence-electron chi connectivity index (χ2n) is 4.89. The number of carbonyl (C=O) groups excluding carboxylic acids is 2. The summed E-state index contributed by atoms with van der Waals surface area (Å²) in [6.45, 7) is 0.0982. The molecule has 112 valence electrons. The Bertz CT molecular complexity index is 771. The van der Waals surface area contributed by atoms with Crippen molar-refractivity contribution in [2.45, 2.75) is 6.42 Å². The molecule has 0 saturated heterocycles. The van der Waals surface area contributed by atoms with Crippen molar-refractivity contribution in [2.75, 3.05) is 11.4 Å². The molecule has 0 aliphatic carbocycles. The van der Waals surface area contributed by atoms with E-state index in [1.807, 2.05) is 0 Å². The molecule has 2 aromatic carbocycles. The van der Waals surface area contributed by atoms with Crippen LogP contribution in [0.15, 0.2) is 36.4 Å². The van der Waals surface area contributed by atoms with Crippen LogP contribution >= 0.6 is 11.6 Å². The van der Waals surface area contributed by atoms with Gasteiger partial charge in [0, 0.05) is 18.5 Å². The molecule has 0 radical (unpaired) electrons. The first-order valence-electron chi connectivity index (χ1n) is 6.57. The number of carbonyl (C=O) groups is 2. The van der Waals surface area contributed by atoms with Crippen molar-refractivity contribution in [3.63, 3.8) is 0 Å². The van der Waals surface area contributed by atoms with Crippen molar-refractivity contribution in [1.82, 2.24) is 0 Å². The smallest absolute Gasteiger partial charge is 0.262 e. The molecule has 3 rings (SSSR count). The van der Waals surface area contributed by atoms with Crippen LogP contribution in [0.2, 0.25) is 5.02 Å². The Hall–Kier alpha value is -2.27. The lowest BCUT2D eigenvalue weighted by molar-refractivity contribution is 0.0953. The maximum absolute atomic E-state index is 13.9. The standard InChI is InChI=1S/C16H10ClF2NO2/c17-11-2-1-3-12(19)15(11)16(22)20-7-6-14(21)10-8-9(18)4-5-13(10)20/h1-5,8H,6-7H2. The first kappa shape index (κ1) is 14.7. The van der Waals surface area contributed by atoms with Gasteiger partial charge in [-0.05, 0) is 30.3 Å². The molecule has 3 nitrogen and oxygen atoms in total. The second-order valence-corrected chi connectivity index (χ2v) is 5.30. The van der Waals surface area contributed by atoms with Crippen LogP contribution in [0.4, 0.5) is 14.5 Å². The topological polar surface area (TPSA) is 37.4 Å². The van der Waals surface area contributed by atoms with E-state index in [2.05, 4.69) is 0 Å². The fourth-order valence-corrected chi connectivity index (χ4v) is 2.73. The van der Waals surface area contributed by atoms with Gasteiger partial charge in [-0.1, -0.05) is 17.7 Å². The third-order valence-corrected chi connectivity index (χ3v) is 3.85. The molecule has 0 saturated carbocycles. The number of hydrogen-bond donors (Lipinski definition) is 0. The van der Waals surface area contributed by atoms with Gasteiger partial charge < -0.3 is 4.90 Å². The van der Waals surface area contributed by atoms with Crippen LogP contribution in [0.25, 0.3) is 0 Å². The molecule has 0 N–H and O–H groups in total. The number of Topliss-reactive ketones (excluding diaryl/α,β-unsaturated/α-hetero) is 1. The van der Waals surface area contributed by atoms with Gasteiger partial charge in [-0.25, -0.2) is 8.78 Å². The summed E-state index contributed by atoms with van der Waals surface area (Å²) >= 11 is 5.91. The number of rotatable bonds is 1. The summed E-state index contributed by atoms with van der Waals surface area (Å²) < 4.78 is 27.2. The lowest BCUT2D eigenvalue weighted by Crippen LogP contribution is -2.38. The molecule has 0 atom stereocenters. The summed E-state index contributed by atoms with van der Waals surface area (Å²) in [4.78, 5) is 25.7. The number of anilines is 1. The van der Waals surface area contributed by atoms with Gasteiger partial charge in [0.2, 0.25) is 0 Å². The maximum atomic E-state index is 13.9. The highest BCUT2D eigenvalue weighted by atomic mass is 35.5. The lowest BCUT2D eigenvalue weighted by atomic mass is 9.99. The zero-order valence-corrected chi connectivity index (χ0v) is 12.0. The van der Waals surface area contributed by atoms with Gasteiger partial charge in [0.15, 0.2) is 5.78 Å². The molecule has 0 unspecified atom stereocenters. The first-order chi connectivity index (χ1) is 10.5. The number of halogens is 3. The Balaban J connectivity index is 2.09. The van der Waals surface area contributed by atoms with E-state index in [0.717, 1.165) is 18.2 Å². The van der Waals surface area contributed by atoms with E-state index in [-0.39, 0.29) is 40.6 Å². The highest BCUT2D eigenvalue weighted by Gasteiger charge is 2.30. The van der Waals surface area contributed by atoms with Crippen molar-refractivity contribution >= 4 is 29.0 Å². The molecular weight excluding hydrogens is 312 g/mol. The van der Waals surface area contributed by atoms with Crippen LogP contribution < -0.4 is 4.90 Å². The van der Waals surface area contributed by atoms with Crippen LogP contribution in [0.3, 0.4) is 0 Å². The van der Waals surface area contributed by atoms with E-state index < -0.39 is 17.5 Å². The molecule has 2 aromatic rings. The van der Waals surface area contributed by atoms with E-state index in [1.54, 1.807) is 0 Å². The zero-order valence-electron chi connectivity index (χ0n) is 11.3. The molecule has 0 bridgehead atoms. The Morgan fingerprint density at radius 2 is 1.95 bits per heavy atom. The van der Waals surface area contributed by atoms with Gasteiger partial charge in [-0.2, -0.15) is 0 Å². The van der Waals surface area contributed by atoms with E-state index >= 15 is 0 Å². The van der Waals surface area contributed by atoms with Gasteiger partial charge in [0.1, 0.15) is 11.6 Å². The fourth-order valence-electron chi connectivity index (χ4n) is 2.48. The summed E-state index contributed by atoms with van der Waals surface area (Å²) in [6, 6.07) is 7.53. The quantitative estimate of drug-likeness (QED) is 0.800. The maximum Gasteiger partial charge on any atom is 0.262 e. The number of amides is 1. The highest BCUT2D eigenvalue weighted by molar-refractivity contribution is 6.34. The highest BCUT2D eigenvalue weighted by Crippen LogP contribution is 2.31. The zero-order chi connectivity index (χ0) is 15.9. The Morgan fingerprint density at radius 1 is 1.18 bits per heavy atom. The third kappa shape index (κ3) is 2.37. The van der Waals surface area contributed by atoms with Gasteiger partial charge >= 0.3 is 0 Å². The molecule has 0 aromatic heterocycles. The molecule has 22 heavy (non-hydrogen) atoms. The van der Waals surface area contributed by atoms with E-state index in [4.69, 9.17) is 11.6 Å². The number of fused-ring (bicyclic) bond motifs is 1. The number of hydrogen-bond acceptors (Lipinski definition) is 2. The molecule has 1 heterocycles. The lowest BCUT2D eigenvalue weighted by Gasteiger charge is -2.29. The summed E-state index contributed by atoms with van der Waals surface area (Å²) in [5, 5.41) is -0.00874. The summed E-state index contributed by atoms with van der Waals surface area (Å²) in [5.41, 5.74) is 0.128. The van der Waals surface area contributed by atoms with Gasteiger partial charge in [-0.3, -0.25) is 9.59 Å². The van der Waals surface area contributed by atoms with Gasteiger partial charge in [0.05, 0.1) is 16.3 Å². The normalized spacial score (nSPS) is 14.0. The van der Waals surface area contributed by atoms with E-state index in [1.165, 1.54) is 23.1 Å². The summed E-state index contributed by atoms with van der Waals surface area (Å²) in [5.74, 6) is -2.20. The fraction of sp³-hybridized carbons (Fsp3) is 0.125. The number of ketones is 1. The molecule has 6 heteroatoms. The number of benzene rings is 2. The van der Waals surface area contributed by atoms with E-state index in [0.29, 0.717) is 0 Å². The van der Waals surface area contributed by atoms with Crippen LogP contribution in [-0.2, 0) is 0 Å². The Kier molecular flexibility index (Phi) is 3.66. The van der Waals surface area contributed by atoms with E-state index in [9.17, 15) is 18.4 Å². The molecule has 1 aliphatic heterocycles. The molecule has 0 fully saturated rings. The Morgan fingerprint density at radius 3 is 2.68 bits per heavy atom. The molecule has 0 spiro atoms. The molecular formula is C16H10ClF2NO2. The van der Waals surface area contributed by atoms with Crippen molar-refractivity contribution in [2.24, 2.45) is 0 Å². The minimum Gasteiger partial charge on any atom is -0.307 e. The van der Waals surface area contributed by atoms with Crippen LogP contribution in [0.5, 0.6) is 0 Å². The van der Waals surface area contributed by atoms with Crippen LogP contribution in [-0.4, -0.2) is 18.2 Å². The summed E-state index contributed by atoms with van der Waals surface area (Å²) in [7, 11) is 0.